The molecule has 0 radical (unpaired) electrons. The fraction of sp³-hybridized carbons (Fsp3) is 0.600. The average molecular weight is 310 g/mol. The number of fused-ring (bicyclic) bond motifs is 1. The molecule has 0 aliphatic carbocycles. The van der Waals surface area contributed by atoms with Crippen LogP contribution in [0.2, 0.25) is 0 Å². The van der Waals surface area contributed by atoms with Crippen molar-refractivity contribution >= 4 is 15.5 Å². The van der Waals surface area contributed by atoms with Crippen LogP contribution in [0.25, 0.3) is 0 Å². The molecule has 21 heavy (non-hydrogen) atoms. The molecule has 0 amide bonds. The summed E-state index contributed by atoms with van der Waals surface area (Å²) in [5, 5.41) is 3.32. The number of hydrogen-bond acceptors (Lipinski definition) is 5. The van der Waals surface area contributed by atoms with Crippen molar-refractivity contribution in [2.24, 2.45) is 0 Å². The lowest BCUT2D eigenvalue weighted by Gasteiger charge is -2.28. The maximum atomic E-state index is 11.7. The van der Waals surface area contributed by atoms with Crippen LogP contribution in [0.5, 0.6) is 5.75 Å². The molecule has 1 unspecified atom stereocenters. The Morgan fingerprint density at radius 2 is 2.19 bits per heavy atom. The molecule has 1 saturated heterocycles. The molecule has 3 rings (SSSR count). The highest BCUT2D eigenvalue weighted by molar-refractivity contribution is 7.91. The zero-order chi connectivity index (χ0) is 14.7. The molecule has 2 heterocycles. The fourth-order valence-corrected chi connectivity index (χ4v) is 4.49. The van der Waals surface area contributed by atoms with Crippen molar-refractivity contribution in [2.75, 3.05) is 42.6 Å². The molecule has 1 aromatic rings. The second-order valence-corrected chi connectivity index (χ2v) is 7.94. The van der Waals surface area contributed by atoms with Crippen molar-refractivity contribution in [1.29, 1.82) is 0 Å². The van der Waals surface area contributed by atoms with Gasteiger partial charge in [-0.15, -0.1) is 0 Å². The van der Waals surface area contributed by atoms with Gasteiger partial charge in [-0.05, 0) is 25.0 Å². The number of rotatable bonds is 3. The molecular weight excluding hydrogens is 288 g/mol. The zero-order valence-corrected chi connectivity index (χ0v) is 12.9. The van der Waals surface area contributed by atoms with Gasteiger partial charge in [0.05, 0.1) is 23.8 Å². The number of sulfone groups is 1. The molecule has 2 aliphatic heterocycles. The largest absolute Gasteiger partial charge is 0.491 e. The summed E-state index contributed by atoms with van der Waals surface area (Å²) >= 11 is 0. The number of nitrogens with one attached hydrogen (secondary N) is 1. The zero-order valence-electron chi connectivity index (χ0n) is 12.1. The van der Waals surface area contributed by atoms with E-state index in [0.29, 0.717) is 6.54 Å². The molecular formula is C15H22N2O3S. The minimum atomic E-state index is -2.86. The van der Waals surface area contributed by atoms with E-state index in [9.17, 15) is 8.42 Å². The summed E-state index contributed by atoms with van der Waals surface area (Å²) in [4.78, 5) is 2.31. The second-order valence-electron chi connectivity index (χ2n) is 5.71. The van der Waals surface area contributed by atoms with Crippen molar-refractivity contribution in [3.63, 3.8) is 0 Å². The van der Waals surface area contributed by atoms with Crippen LogP contribution in [-0.2, 0) is 9.84 Å². The third kappa shape index (κ3) is 3.68. The van der Waals surface area contributed by atoms with E-state index in [1.807, 2.05) is 18.2 Å². The van der Waals surface area contributed by atoms with Crippen LogP contribution in [0, 0.1) is 0 Å². The van der Waals surface area contributed by atoms with Crippen molar-refractivity contribution in [3.8, 4) is 5.75 Å². The third-order valence-corrected chi connectivity index (χ3v) is 5.82. The Morgan fingerprint density at radius 3 is 3.05 bits per heavy atom. The molecule has 1 atom stereocenters. The molecule has 0 aromatic heterocycles. The maximum absolute atomic E-state index is 11.7. The topological polar surface area (TPSA) is 58.6 Å². The maximum Gasteiger partial charge on any atom is 0.153 e. The molecule has 1 fully saturated rings. The van der Waals surface area contributed by atoms with Gasteiger partial charge in [-0.1, -0.05) is 12.1 Å². The Labute approximate surface area is 126 Å². The van der Waals surface area contributed by atoms with Crippen molar-refractivity contribution < 1.29 is 13.2 Å². The van der Waals surface area contributed by atoms with Gasteiger partial charge in [-0.2, -0.15) is 0 Å². The summed E-state index contributed by atoms with van der Waals surface area (Å²) in [6.07, 6.45) is 1.83. The quantitative estimate of drug-likeness (QED) is 0.904. The van der Waals surface area contributed by atoms with Crippen LogP contribution >= 0.6 is 0 Å². The Balaban J connectivity index is 1.65. The first kappa shape index (κ1) is 14.7. The van der Waals surface area contributed by atoms with E-state index in [2.05, 4.69) is 16.3 Å². The van der Waals surface area contributed by atoms with E-state index in [-0.39, 0.29) is 17.5 Å². The molecule has 2 aliphatic rings. The number of hydrogen-bond donors (Lipinski definition) is 1. The highest BCUT2D eigenvalue weighted by Crippen LogP contribution is 2.30. The lowest BCUT2D eigenvalue weighted by molar-refractivity contribution is 0.322. The summed E-state index contributed by atoms with van der Waals surface area (Å²) in [7, 11) is -2.86. The third-order valence-electron chi connectivity index (χ3n) is 4.08. The first-order valence-electron chi connectivity index (χ1n) is 7.55. The number of benzene rings is 1. The van der Waals surface area contributed by atoms with Crippen LogP contribution in [0.4, 0.5) is 5.69 Å². The van der Waals surface area contributed by atoms with Gasteiger partial charge in [-0.3, -0.25) is 0 Å². The number of anilines is 1. The highest BCUT2D eigenvalue weighted by atomic mass is 32.2. The number of para-hydroxylation sites is 2. The van der Waals surface area contributed by atoms with E-state index in [1.165, 1.54) is 0 Å². The molecule has 1 N–H and O–H groups in total. The highest BCUT2D eigenvalue weighted by Gasteiger charge is 2.25. The van der Waals surface area contributed by atoms with E-state index >= 15 is 0 Å². The Kier molecular flexibility index (Phi) is 4.35. The van der Waals surface area contributed by atoms with Crippen LogP contribution in [0.15, 0.2) is 24.3 Å². The summed E-state index contributed by atoms with van der Waals surface area (Å²) in [6, 6.07) is 8.14. The SMILES string of the molecule is O=S1(=O)CCNC(CCN2CCCOc3ccccc32)C1. The van der Waals surface area contributed by atoms with E-state index in [4.69, 9.17) is 4.74 Å². The lowest BCUT2D eigenvalue weighted by Crippen LogP contribution is -2.46. The molecule has 5 nitrogen and oxygen atoms in total. The van der Waals surface area contributed by atoms with Crippen molar-refractivity contribution in [3.05, 3.63) is 24.3 Å². The van der Waals surface area contributed by atoms with E-state index < -0.39 is 9.84 Å². The fourth-order valence-electron chi connectivity index (χ4n) is 3.00. The van der Waals surface area contributed by atoms with Gasteiger partial charge in [-0.25, -0.2) is 8.42 Å². The van der Waals surface area contributed by atoms with Gasteiger partial charge in [0.1, 0.15) is 5.75 Å². The smallest absolute Gasteiger partial charge is 0.153 e. The van der Waals surface area contributed by atoms with Gasteiger partial charge in [0.25, 0.3) is 0 Å². The molecule has 1 aromatic carbocycles. The molecule has 116 valence electrons. The van der Waals surface area contributed by atoms with Crippen LogP contribution in [-0.4, -0.2) is 52.2 Å². The van der Waals surface area contributed by atoms with Crippen molar-refractivity contribution in [2.45, 2.75) is 18.9 Å². The first-order chi connectivity index (χ1) is 10.1. The monoisotopic (exact) mass is 310 g/mol. The van der Waals surface area contributed by atoms with Gasteiger partial charge < -0.3 is 15.0 Å². The predicted octanol–water partition coefficient (Wildman–Crippen LogP) is 1.05. The predicted molar refractivity (Wildman–Crippen MR) is 83.8 cm³/mol. The minimum absolute atomic E-state index is 0.0695. The Bertz CT molecular complexity index is 588. The van der Waals surface area contributed by atoms with Gasteiger partial charge in [0.2, 0.25) is 0 Å². The van der Waals surface area contributed by atoms with E-state index in [0.717, 1.165) is 44.0 Å². The Hall–Kier alpha value is -1.27. The summed E-state index contributed by atoms with van der Waals surface area (Å²) < 4.78 is 29.1. The minimum Gasteiger partial charge on any atom is -0.491 e. The molecule has 0 spiro atoms. The number of nitrogens with zero attached hydrogens (tertiary/aromatic N) is 1. The van der Waals surface area contributed by atoms with Gasteiger partial charge in [0, 0.05) is 25.7 Å². The van der Waals surface area contributed by atoms with Crippen LogP contribution < -0.4 is 15.0 Å². The summed E-state index contributed by atoms with van der Waals surface area (Å²) in [5.74, 6) is 1.46. The van der Waals surface area contributed by atoms with Crippen LogP contribution in [0.3, 0.4) is 0 Å². The molecule has 6 heteroatoms. The number of ether oxygens (including phenoxy) is 1. The average Bonchev–Trinajstić information content (AvgIpc) is 2.66. The van der Waals surface area contributed by atoms with Crippen LogP contribution in [0.1, 0.15) is 12.8 Å². The Morgan fingerprint density at radius 1 is 1.33 bits per heavy atom. The summed E-state index contributed by atoms with van der Waals surface area (Å²) in [6.45, 7) is 3.13. The van der Waals surface area contributed by atoms with Gasteiger partial charge >= 0.3 is 0 Å². The second kappa shape index (κ2) is 6.23. The first-order valence-corrected chi connectivity index (χ1v) is 9.37. The van der Waals surface area contributed by atoms with E-state index in [1.54, 1.807) is 0 Å². The van der Waals surface area contributed by atoms with Gasteiger partial charge in [0.15, 0.2) is 9.84 Å². The van der Waals surface area contributed by atoms with Crippen molar-refractivity contribution in [1.82, 2.24) is 5.32 Å². The molecule has 0 bridgehead atoms. The normalized spacial score (nSPS) is 24.8. The lowest BCUT2D eigenvalue weighted by atomic mass is 10.2. The standard InChI is InChI=1S/C15H22N2O3S/c18-21(19)11-7-16-13(12-21)6-9-17-8-3-10-20-15-5-2-1-4-14(15)17/h1-2,4-5,13,16H,3,6-12H2. The summed E-state index contributed by atoms with van der Waals surface area (Å²) in [5.41, 5.74) is 1.12. The molecule has 0 saturated carbocycles.